The van der Waals surface area contributed by atoms with Gasteiger partial charge in [-0.15, -0.1) is 0 Å². The molecule has 0 radical (unpaired) electrons. The molecule has 7 nitrogen and oxygen atoms in total. The van der Waals surface area contributed by atoms with E-state index >= 15 is 0 Å². The van der Waals surface area contributed by atoms with Crippen molar-refractivity contribution in [2.24, 2.45) is 0 Å². The Bertz CT molecular complexity index is 860. The van der Waals surface area contributed by atoms with E-state index in [2.05, 4.69) is 0 Å². The first kappa shape index (κ1) is 20.4. The molecule has 0 saturated heterocycles. The van der Waals surface area contributed by atoms with Gasteiger partial charge in [-0.3, -0.25) is 4.79 Å². The summed E-state index contributed by atoms with van der Waals surface area (Å²) in [4.78, 5) is 37.1. The van der Waals surface area contributed by atoms with E-state index in [0.29, 0.717) is 16.7 Å². The van der Waals surface area contributed by atoms with E-state index in [1.807, 2.05) is 0 Å². The highest BCUT2D eigenvalue weighted by Crippen LogP contribution is 2.19. The van der Waals surface area contributed by atoms with Crippen molar-refractivity contribution in [1.82, 2.24) is 4.57 Å². The smallest absolute Gasteiger partial charge is 0.419 e. The third kappa shape index (κ3) is 4.83. The third-order valence-corrected chi connectivity index (χ3v) is 3.64. The van der Waals surface area contributed by atoms with Crippen LogP contribution in [0.4, 0.5) is 4.79 Å². The number of nitrogens with zero attached hydrogens (tertiary/aromatic N) is 1. The van der Waals surface area contributed by atoms with Crippen LogP contribution in [0, 0.1) is 0 Å². The van der Waals surface area contributed by atoms with Gasteiger partial charge in [0.05, 0.1) is 25.0 Å². The lowest BCUT2D eigenvalue weighted by molar-refractivity contribution is 0.0528. The quantitative estimate of drug-likeness (QED) is 0.590. The van der Waals surface area contributed by atoms with Crippen molar-refractivity contribution < 1.29 is 28.6 Å². The van der Waals surface area contributed by atoms with Crippen LogP contribution in [0.5, 0.6) is 0 Å². The lowest BCUT2D eigenvalue weighted by Crippen LogP contribution is -2.28. The first-order valence-corrected chi connectivity index (χ1v) is 8.33. The molecule has 7 heteroatoms. The molecule has 2 aromatic rings. The summed E-state index contributed by atoms with van der Waals surface area (Å²) >= 11 is 0. The number of rotatable bonds is 5. The van der Waals surface area contributed by atoms with Crippen LogP contribution < -0.4 is 0 Å². The molecule has 144 valence electrons. The molecule has 0 amide bonds. The minimum atomic E-state index is -0.685. The van der Waals surface area contributed by atoms with Crippen molar-refractivity contribution in [3.05, 3.63) is 58.9 Å². The van der Waals surface area contributed by atoms with Crippen LogP contribution in [-0.2, 0) is 20.8 Å². The highest BCUT2D eigenvalue weighted by Gasteiger charge is 2.23. The highest BCUT2D eigenvalue weighted by atomic mass is 16.6. The summed E-state index contributed by atoms with van der Waals surface area (Å²) in [6, 6.07) is 7.71. The van der Waals surface area contributed by atoms with Gasteiger partial charge in [0.25, 0.3) is 0 Å². The molecule has 0 bridgehead atoms. The number of aromatic nitrogens is 1. The minimum Gasteiger partial charge on any atom is -0.465 e. The molecule has 0 N–H and O–H groups in total. The van der Waals surface area contributed by atoms with Crippen LogP contribution in [0.15, 0.2) is 36.5 Å². The van der Waals surface area contributed by atoms with Crippen molar-refractivity contribution in [1.29, 1.82) is 0 Å². The molecule has 0 atom stereocenters. The molecule has 2 rings (SSSR count). The molecular weight excluding hydrogens is 350 g/mol. The molecule has 0 fully saturated rings. The van der Waals surface area contributed by atoms with Crippen LogP contribution in [0.1, 0.15) is 52.7 Å². The van der Waals surface area contributed by atoms with Crippen molar-refractivity contribution >= 4 is 17.8 Å². The van der Waals surface area contributed by atoms with Gasteiger partial charge in [-0.2, -0.15) is 0 Å². The lowest BCUT2D eigenvalue weighted by atomic mass is 10.0. The van der Waals surface area contributed by atoms with Crippen molar-refractivity contribution in [3.8, 4) is 0 Å². The van der Waals surface area contributed by atoms with Gasteiger partial charge >= 0.3 is 12.1 Å². The molecule has 1 aromatic heterocycles. The third-order valence-electron chi connectivity index (χ3n) is 3.64. The van der Waals surface area contributed by atoms with Gasteiger partial charge in [-0.25, -0.2) is 14.2 Å². The molecule has 0 saturated carbocycles. The van der Waals surface area contributed by atoms with Gasteiger partial charge in [0.2, 0.25) is 5.78 Å². The molecule has 0 aliphatic rings. The van der Waals surface area contributed by atoms with Crippen molar-refractivity contribution in [2.75, 3.05) is 14.2 Å². The van der Waals surface area contributed by atoms with Gasteiger partial charge in [0, 0.05) is 18.9 Å². The Morgan fingerprint density at radius 1 is 1.07 bits per heavy atom. The van der Waals surface area contributed by atoms with Crippen LogP contribution in [0.2, 0.25) is 0 Å². The van der Waals surface area contributed by atoms with Crippen LogP contribution in [-0.4, -0.2) is 42.2 Å². The van der Waals surface area contributed by atoms with E-state index < -0.39 is 17.7 Å². The predicted molar refractivity (Wildman–Crippen MR) is 98.0 cm³/mol. The Morgan fingerprint density at radius 3 is 2.37 bits per heavy atom. The highest BCUT2D eigenvalue weighted by molar-refractivity contribution is 6.10. The van der Waals surface area contributed by atoms with Gasteiger partial charge in [-0.05, 0) is 50.6 Å². The van der Waals surface area contributed by atoms with Crippen molar-refractivity contribution in [3.63, 3.8) is 0 Å². The monoisotopic (exact) mass is 373 g/mol. The Hall–Kier alpha value is -2.93. The maximum atomic E-state index is 12.9. The van der Waals surface area contributed by atoms with Gasteiger partial charge in [0.15, 0.2) is 0 Å². The molecule has 1 heterocycles. The first-order valence-electron chi connectivity index (χ1n) is 8.33. The molecule has 0 unspecified atom stereocenters. The maximum Gasteiger partial charge on any atom is 0.419 e. The van der Waals surface area contributed by atoms with E-state index in [1.54, 1.807) is 32.9 Å². The zero-order chi connectivity index (χ0) is 20.2. The fraction of sp³-hybridized carbons (Fsp3) is 0.350. The zero-order valence-electron chi connectivity index (χ0n) is 16.1. The number of carbonyl (C=O) groups excluding carboxylic acids is 3. The number of methoxy groups -OCH3 is 2. The van der Waals surface area contributed by atoms with Crippen molar-refractivity contribution in [2.45, 2.75) is 33.0 Å². The fourth-order valence-electron chi connectivity index (χ4n) is 2.50. The first-order chi connectivity index (χ1) is 12.7. The van der Waals surface area contributed by atoms with E-state index in [1.165, 1.54) is 38.6 Å². The second-order valence-electron chi connectivity index (χ2n) is 6.87. The minimum absolute atomic E-state index is 0.138. The molecule has 0 spiro atoms. The van der Waals surface area contributed by atoms with Crippen LogP contribution >= 0.6 is 0 Å². The molecular formula is C20H23NO6. The number of ether oxygens (including phenoxy) is 3. The lowest BCUT2D eigenvalue weighted by Gasteiger charge is -2.20. The fourth-order valence-corrected chi connectivity index (χ4v) is 2.50. The SMILES string of the molecule is COCc1cc(C(=O)c2cccn2C(=O)OC(C)(C)C)ccc1C(=O)OC. The Labute approximate surface area is 157 Å². The van der Waals surface area contributed by atoms with Crippen LogP contribution in [0.3, 0.4) is 0 Å². The van der Waals surface area contributed by atoms with E-state index in [9.17, 15) is 14.4 Å². The summed E-state index contributed by atoms with van der Waals surface area (Å²) < 4.78 is 16.3. The Kier molecular flexibility index (Phi) is 6.17. The molecule has 0 aliphatic heterocycles. The molecule has 1 aromatic carbocycles. The summed E-state index contributed by atoms with van der Waals surface area (Å²) in [5, 5.41) is 0. The Morgan fingerprint density at radius 2 is 1.78 bits per heavy atom. The average Bonchev–Trinajstić information content (AvgIpc) is 3.09. The summed E-state index contributed by atoms with van der Waals surface area (Å²) in [6.07, 6.45) is 0.833. The second kappa shape index (κ2) is 8.18. The molecule has 27 heavy (non-hydrogen) atoms. The largest absolute Gasteiger partial charge is 0.465 e. The van der Waals surface area contributed by atoms with E-state index in [4.69, 9.17) is 14.2 Å². The number of hydrogen-bond acceptors (Lipinski definition) is 6. The zero-order valence-corrected chi connectivity index (χ0v) is 16.1. The molecule has 0 aliphatic carbocycles. The van der Waals surface area contributed by atoms with Gasteiger partial charge in [0.1, 0.15) is 5.60 Å². The van der Waals surface area contributed by atoms with Gasteiger partial charge in [-0.1, -0.05) is 6.07 Å². The number of hydrogen-bond donors (Lipinski definition) is 0. The number of esters is 1. The topological polar surface area (TPSA) is 83.8 Å². The normalized spacial score (nSPS) is 11.1. The van der Waals surface area contributed by atoms with E-state index in [-0.39, 0.29) is 18.1 Å². The predicted octanol–water partition coefficient (Wildman–Crippen LogP) is 3.44. The summed E-state index contributed by atoms with van der Waals surface area (Å²) in [5.41, 5.74) is 0.635. The van der Waals surface area contributed by atoms with Crippen LogP contribution in [0.25, 0.3) is 0 Å². The Balaban J connectivity index is 2.39. The number of carbonyl (C=O) groups is 3. The second-order valence-corrected chi connectivity index (χ2v) is 6.87. The number of benzene rings is 1. The maximum absolute atomic E-state index is 12.9. The van der Waals surface area contributed by atoms with E-state index in [0.717, 1.165) is 4.57 Å². The average molecular weight is 373 g/mol. The standard InChI is InChI=1S/C20H23NO6/c1-20(2,3)27-19(24)21-10-6-7-16(21)17(22)13-8-9-15(18(23)26-5)14(11-13)12-25-4/h6-11H,12H2,1-5H3. The summed E-state index contributed by atoms with van der Waals surface area (Å²) in [7, 11) is 2.77. The van der Waals surface area contributed by atoms with Gasteiger partial charge < -0.3 is 14.2 Å². The summed E-state index contributed by atoms with van der Waals surface area (Å²) in [5.74, 6) is -0.891. The summed E-state index contributed by atoms with van der Waals surface area (Å²) in [6.45, 7) is 5.38. The number of ketones is 1.